The zero-order valence-corrected chi connectivity index (χ0v) is 23.1. The predicted molar refractivity (Wildman–Crippen MR) is 142 cm³/mol. The van der Waals surface area contributed by atoms with E-state index >= 15 is 0 Å². The van der Waals surface area contributed by atoms with E-state index in [1.165, 1.54) is 19.9 Å². The molecule has 2 saturated heterocycles. The zero-order chi connectivity index (χ0) is 28.8. The van der Waals surface area contributed by atoms with Crippen LogP contribution in [0.25, 0.3) is 0 Å². The summed E-state index contributed by atoms with van der Waals surface area (Å²) in [5.74, 6) is 1.75. The Hall–Kier alpha value is -3.57. The number of anilines is 1. The molecule has 12 heteroatoms. The van der Waals surface area contributed by atoms with Gasteiger partial charge in [-0.25, -0.2) is 0 Å². The molecule has 4 fully saturated rings. The molecule has 218 valence electrons. The monoisotopic (exact) mass is 570 g/mol. The summed E-state index contributed by atoms with van der Waals surface area (Å²) >= 11 is 0. The largest absolute Gasteiger partial charge is 0.416 e. The van der Waals surface area contributed by atoms with Gasteiger partial charge < -0.3 is 20.0 Å². The second-order valence-electron chi connectivity index (χ2n) is 12.1. The second kappa shape index (κ2) is 9.22. The number of piperidine rings is 1. The molecule has 9 nitrogen and oxygen atoms in total. The van der Waals surface area contributed by atoms with Crippen molar-refractivity contribution in [1.82, 2.24) is 24.9 Å². The molecule has 1 aromatic carbocycles. The van der Waals surface area contributed by atoms with Crippen LogP contribution in [0, 0.1) is 18.8 Å². The number of alkyl halides is 3. The van der Waals surface area contributed by atoms with Gasteiger partial charge in [0.25, 0.3) is 5.91 Å². The van der Waals surface area contributed by atoms with Crippen LogP contribution in [0.3, 0.4) is 0 Å². The van der Waals surface area contributed by atoms with Gasteiger partial charge in [-0.1, -0.05) is 6.07 Å². The second-order valence-corrected chi connectivity index (χ2v) is 12.1. The minimum Gasteiger partial charge on any atom is -0.368 e. The molecule has 6 aliphatic rings. The Balaban J connectivity index is 1.02. The first kappa shape index (κ1) is 26.3. The summed E-state index contributed by atoms with van der Waals surface area (Å²) in [4.78, 5) is 43.8. The number of nitrogens with zero attached hydrogens (tertiary/aromatic N) is 5. The van der Waals surface area contributed by atoms with Gasteiger partial charge in [-0.3, -0.25) is 19.1 Å². The van der Waals surface area contributed by atoms with Gasteiger partial charge in [-0.15, -0.1) is 0 Å². The van der Waals surface area contributed by atoms with Crippen LogP contribution in [-0.2, 0) is 22.3 Å². The highest BCUT2D eigenvalue weighted by Crippen LogP contribution is 2.88. The van der Waals surface area contributed by atoms with Crippen molar-refractivity contribution in [1.29, 1.82) is 0 Å². The fourth-order valence-electron chi connectivity index (χ4n) is 7.58. The van der Waals surface area contributed by atoms with E-state index in [9.17, 15) is 27.6 Å². The molecule has 2 aliphatic heterocycles. The third kappa shape index (κ3) is 4.28. The number of rotatable bonds is 5. The number of aromatic nitrogens is 2. The number of benzene rings is 1. The molecule has 4 aliphatic carbocycles. The van der Waals surface area contributed by atoms with Crippen molar-refractivity contribution < 1.29 is 27.6 Å². The van der Waals surface area contributed by atoms with Crippen molar-refractivity contribution in [3.8, 4) is 0 Å². The van der Waals surface area contributed by atoms with Gasteiger partial charge in [0.1, 0.15) is 6.54 Å². The van der Waals surface area contributed by atoms with Crippen LogP contribution < -0.4 is 10.2 Å². The van der Waals surface area contributed by atoms with E-state index in [-0.39, 0.29) is 35.9 Å². The molecular formula is C29H33F3N6O3. The zero-order valence-electron chi connectivity index (χ0n) is 23.1. The number of hydrogen-bond acceptors (Lipinski definition) is 5. The number of hydrogen-bond donors (Lipinski definition) is 1. The van der Waals surface area contributed by atoms with Crippen LogP contribution in [0.5, 0.6) is 0 Å². The Labute approximate surface area is 235 Å². The summed E-state index contributed by atoms with van der Waals surface area (Å²) in [5, 5.41) is 7.63. The summed E-state index contributed by atoms with van der Waals surface area (Å²) in [7, 11) is 0. The highest BCUT2D eigenvalue weighted by atomic mass is 19.4. The van der Waals surface area contributed by atoms with E-state index in [4.69, 9.17) is 5.10 Å². The molecule has 0 spiro atoms. The van der Waals surface area contributed by atoms with Gasteiger partial charge >= 0.3 is 6.18 Å². The minimum absolute atomic E-state index is 0.0610. The Morgan fingerprint density at radius 2 is 1.66 bits per heavy atom. The first-order chi connectivity index (χ1) is 19.5. The van der Waals surface area contributed by atoms with E-state index in [0.717, 1.165) is 17.3 Å². The van der Waals surface area contributed by atoms with Crippen LogP contribution in [0.1, 0.15) is 64.5 Å². The van der Waals surface area contributed by atoms with E-state index in [1.54, 1.807) is 15.6 Å². The lowest BCUT2D eigenvalue weighted by atomic mass is 10.0. The van der Waals surface area contributed by atoms with Crippen molar-refractivity contribution >= 4 is 23.4 Å². The molecule has 2 unspecified atom stereocenters. The third-order valence-electron chi connectivity index (χ3n) is 9.76. The van der Waals surface area contributed by atoms with Crippen LogP contribution in [0.15, 0.2) is 18.2 Å². The van der Waals surface area contributed by atoms with Crippen molar-refractivity contribution in [3.05, 3.63) is 46.3 Å². The average molecular weight is 571 g/mol. The molecule has 2 aromatic rings. The quantitative estimate of drug-likeness (QED) is 0.597. The van der Waals surface area contributed by atoms with Gasteiger partial charge in [0.05, 0.1) is 5.56 Å². The molecule has 1 N–H and O–H groups in total. The topological polar surface area (TPSA) is 90.8 Å². The fraction of sp³-hybridized carbons (Fsp3) is 0.586. The van der Waals surface area contributed by atoms with Crippen molar-refractivity contribution in [3.63, 3.8) is 0 Å². The molecule has 4 atom stereocenters. The fourth-order valence-corrected chi connectivity index (χ4v) is 7.58. The molecule has 2 bridgehead atoms. The van der Waals surface area contributed by atoms with Gasteiger partial charge in [0.2, 0.25) is 11.8 Å². The summed E-state index contributed by atoms with van der Waals surface area (Å²) in [6.07, 6.45) is -3.00. The number of carbonyl (C=O) groups excluding carboxylic acids is 3. The van der Waals surface area contributed by atoms with Crippen molar-refractivity contribution in [2.24, 2.45) is 11.8 Å². The summed E-state index contributed by atoms with van der Waals surface area (Å²) in [6, 6.07) is 4.30. The number of likely N-dealkylation sites (tertiary alicyclic amines) is 1. The summed E-state index contributed by atoms with van der Waals surface area (Å²) in [6.45, 7) is 5.86. The summed E-state index contributed by atoms with van der Waals surface area (Å²) in [5.41, 5.74) is 2.68. The summed E-state index contributed by atoms with van der Waals surface area (Å²) < 4.78 is 41.9. The maximum absolute atomic E-state index is 13.5. The molecule has 8 rings (SSSR count). The van der Waals surface area contributed by atoms with Crippen LogP contribution in [0.2, 0.25) is 0 Å². The molecule has 1 aromatic heterocycles. The maximum atomic E-state index is 13.5. The number of piperazine rings is 1. The molecule has 3 heterocycles. The van der Waals surface area contributed by atoms with E-state index in [0.29, 0.717) is 87.2 Å². The van der Waals surface area contributed by atoms with Crippen molar-refractivity contribution in [2.45, 2.75) is 57.3 Å². The molecule has 0 radical (unpaired) electrons. The SMILES string of the molecule is CC(=O)NC1CCN(C(=O)c2nn(CC(=O)N3CCN(c4cccc(C(F)(F)F)c4C)CC3)c3c2[C@@H]2C4C3[C@@H]42)CC1. The number of amides is 3. The standard InChI is InChI=1S/C29H33F3N6O3/c1-15-18(29(30,31)32)4-3-5-19(15)35-10-12-36(13-11-35)20(40)14-38-27-24-21-22(24)23(21)25(27)26(34-38)28(41)37-8-6-17(7-9-37)33-16(2)39/h3-5,17,21-24H,6-14H2,1-2H3,(H,33,39)/t21-,22?,23-,24?/m0/s1. The lowest BCUT2D eigenvalue weighted by molar-refractivity contribution is -0.138. The van der Waals surface area contributed by atoms with Gasteiger partial charge in [0.15, 0.2) is 5.69 Å². The Morgan fingerprint density at radius 3 is 2.29 bits per heavy atom. The lowest BCUT2D eigenvalue weighted by Gasteiger charge is -2.37. The van der Waals surface area contributed by atoms with E-state index in [2.05, 4.69) is 5.32 Å². The highest BCUT2D eigenvalue weighted by Gasteiger charge is 2.81. The number of halogens is 3. The predicted octanol–water partition coefficient (Wildman–Crippen LogP) is 2.74. The van der Waals surface area contributed by atoms with Crippen LogP contribution in [0.4, 0.5) is 18.9 Å². The Kier molecular flexibility index (Phi) is 5.92. The minimum atomic E-state index is -4.41. The average Bonchev–Trinajstić information content (AvgIpc) is 3.70. The Bertz CT molecular complexity index is 1430. The van der Waals surface area contributed by atoms with Crippen molar-refractivity contribution in [2.75, 3.05) is 44.2 Å². The molecule has 3 amide bonds. The molecular weight excluding hydrogens is 537 g/mol. The maximum Gasteiger partial charge on any atom is 0.416 e. The normalized spacial score (nSPS) is 26.5. The van der Waals surface area contributed by atoms with Gasteiger partial charge in [-0.05, 0) is 55.2 Å². The number of carbonyl (C=O) groups is 3. The first-order valence-electron chi connectivity index (χ1n) is 14.4. The molecule has 2 saturated carbocycles. The molecule has 41 heavy (non-hydrogen) atoms. The third-order valence-corrected chi connectivity index (χ3v) is 9.76. The smallest absolute Gasteiger partial charge is 0.368 e. The first-order valence-corrected chi connectivity index (χ1v) is 14.4. The van der Waals surface area contributed by atoms with Gasteiger partial charge in [0, 0.05) is 75.1 Å². The van der Waals surface area contributed by atoms with E-state index < -0.39 is 11.7 Å². The van der Waals surface area contributed by atoms with Crippen LogP contribution >= 0.6 is 0 Å². The van der Waals surface area contributed by atoms with Gasteiger partial charge in [-0.2, -0.15) is 18.3 Å². The Morgan fingerprint density at radius 1 is 0.976 bits per heavy atom. The van der Waals surface area contributed by atoms with Crippen LogP contribution in [-0.4, -0.2) is 82.6 Å². The highest BCUT2D eigenvalue weighted by molar-refractivity contribution is 5.96. The lowest BCUT2D eigenvalue weighted by Crippen LogP contribution is -2.50. The number of nitrogens with one attached hydrogen (secondary N) is 1. The van der Waals surface area contributed by atoms with E-state index in [1.807, 2.05) is 9.80 Å².